The maximum atomic E-state index is 11.2. The summed E-state index contributed by atoms with van der Waals surface area (Å²) < 4.78 is 5.74. The highest BCUT2D eigenvalue weighted by Gasteiger charge is 2.08. The van der Waals surface area contributed by atoms with Crippen molar-refractivity contribution in [3.63, 3.8) is 0 Å². The summed E-state index contributed by atoms with van der Waals surface area (Å²) in [4.78, 5) is 23.8. The molecule has 142 valence electrons. The molecule has 27 heavy (non-hydrogen) atoms. The van der Waals surface area contributed by atoms with Crippen LogP contribution in [-0.4, -0.2) is 40.3 Å². The molecule has 0 saturated carbocycles. The fourth-order valence-corrected chi connectivity index (χ4v) is 3.34. The van der Waals surface area contributed by atoms with Gasteiger partial charge in [0.15, 0.2) is 0 Å². The van der Waals surface area contributed by atoms with E-state index in [1.54, 1.807) is 6.07 Å². The molecule has 1 aromatic carbocycles. The van der Waals surface area contributed by atoms with Crippen LogP contribution in [0.25, 0.3) is 0 Å². The topological polar surface area (TPSA) is 117 Å². The first kappa shape index (κ1) is 19.0. The van der Waals surface area contributed by atoms with Crippen molar-refractivity contribution in [2.45, 2.75) is 6.42 Å². The SMILES string of the molecule is CN(CCOc1ccc(Cc2sc(=O)[nH]c2O)cc1)c1cc(Cl)nc(N)n1. The number of thiazole rings is 1. The number of benzene rings is 1. The number of hydrogen-bond acceptors (Lipinski definition) is 8. The fourth-order valence-electron chi connectivity index (χ4n) is 2.39. The summed E-state index contributed by atoms with van der Waals surface area (Å²) in [5.41, 5.74) is 6.57. The van der Waals surface area contributed by atoms with E-state index in [-0.39, 0.29) is 16.7 Å². The van der Waals surface area contributed by atoms with Gasteiger partial charge in [0.25, 0.3) is 0 Å². The summed E-state index contributed by atoms with van der Waals surface area (Å²) in [7, 11) is 1.86. The number of nitrogen functional groups attached to an aromatic ring is 1. The second-order valence-corrected chi connectivity index (χ2v) is 7.24. The van der Waals surface area contributed by atoms with Crippen LogP contribution in [-0.2, 0) is 6.42 Å². The number of halogens is 1. The van der Waals surface area contributed by atoms with Gasteiger partial charge in [-0.25, -0.2) is 4.98 Å². The van der Waals surface area contributed by atoms with E-state index in [1.807, 2.05) is 36.2 Å². The number of anilines is 2. The smallest absolute Gasteiger partial charge is 0.307 e. The summed E-state index contributed by atoms with van der Waals surface area (Å²) in [5, 5.41) is 9.94. The largest absolute Gasteiger partial charge is 0.494 e. The van der Waals surface area contributed by atoms with Crippen LogP contribution < -0.4 is 20.2 Å². The van der Waals surface area contributed by atoms with E-state index >= 15 is 0 Å². The molecule has 3 rings (SSSR count). The second-order valence-electron chi connectivity index (χ2n) is 5.78. The molecule has 3 aromatic rings. The molecule has 0 atom stereocenters. The normalized spacial score (nSPS) is 10.7. The third-order valence-corrected chi connectivity index (χ3v) is 4.84. The van der Waals surface area contributed by atoms with Crippen molar-refractivity contribution in [3.05, 3.63) is 55.6 Å². The Bertz CT molecular complexity index is 953. The molecule has 0 radical (unpaired) electrons. The quantitative estimate of drug-likeness (QED) is 0.514. The summed E-state index contributed by atoms with van der Waals surface area (Å²) >= 11 is 6.89. The Morgan fingerprint density at radius 2 is 2.07 bits per heavy atom. The zero-order chi connectivity index (χ0) is 19.4. The molecular weight excluding hydrogens is 390 g/mol. The second kappa shape index (κ2) is 8.28. The van der Waals surface area contributed by atoms with Gasteiger partial charge in [0.1, 0.15) is 23.3 Å². The first-order chi connectivity index (χ1) is 12.9. The monoisotopic (exact) mass is 407 g/mol. The molecule has 10 heteroatoms. The number of nitrogens with zero attached hydrogens (tertiary/aromatic N) is 3. The molecule has 8 nitrogen and oxygen atoms in total. The van der Waals surface area contributed by atoms with Crippen molar-refractivity contribution in [2.24, 2.45) is 0 Å². The first-order valence-corrected chi connectivity index (χ1v) is 9.24. The van der Waals surface area contributed by atoms with Gasteiger partial charge in [-0.05, 0) is 17.7 Å². The molecule has 0 spiro atoms. The lowest BCUT2D eigenvalue weighted by atomic mass is 10.1. The molecule has 4 N–H and O–H groups in total. The highest BCUT2D eigenvalue weighted by atomic mass is 35.5. The van der Waals surface area contributed by atoms with Crippen LogP contribution in [0.5, 0.6) is 11.6 Å². The Morgan fingerprint density at radius 3 is 2.70 bits per heavy atom. The molecule has 0 unspecified atom stereocenters. The lowest BCUT2D eigenvalue weighted by Gasteiger charge is -2.18. The van der Waals surface area contributed by atoms with E-state index in [1.165, 1.54) is 0 Å². The molecule has 0 saturated heterocycles. The Labute approximate surface area is 164 Å². The molecule has 0 aliphatic carbocycles. The zero-order valence-corrected chi connectivity index (χ0v) is 16.0. The van der Waals surface area contributed by atoms with E-state index in [9.17, 15) is 9.90 Å². The molecular formula is C17H18ClN5O3S. The minimum atomic E-state index is -0.265. The minimum absolute atomic E-state index is 0.0705. The summed E-state index contributed by atoms with van der Waals surface area (Å²) in [5.74, 6) is 1.40. The van der Waals surface area contributed by atoms with Gasteiger partial charge in [-0.3, -0.25) is 9.78 Å². The average Bonchev–Trinajstić information content (AvgIpc) is 2.92. The highest BCUT2D eigenvalue weighted by Crippen LogP contribution is 2.22. The highest BCUT2D eigenvalue weighted by molar-refractivity contribution is 7.09. The molecule has 0 aliphatic heterocycles. The van der Waals surface area contributed by atoms with Gasteiger partial charge in [0, 0.05) is 19.5 Å². The van der Waals surface area contributed by atoms with Gasteiger partial charge in [-0.1, -0.05) is 35.1 Å². The van der Waals surface area contributed by atoms with E-state index < -0.39 is 0 Å². The molecule has 2 heterocycles. The third kappa shape index (κ3) is 5.11. The molecule has 2 aromatic heterocycles. The van der Waals surface area contributed by atoms with Crippen molar-refractivity contribution in [3.8, 4) is 11.6 Å². The number of hydrogen-bond donors (Lipinski definition) is 3. The summed E-state index contributed by atoms with van der Waals surface area (Å²) in [6, 6.07) is 9.13. The lowest BCUT2D eigenvalue weighted by molar-refractivity contribution is 0.325. The number of ether oxygens (including phenoxy) is 1. The van der Waals surface area contributed by atoms with Gasteiger partial charge in [0.05, 0.1) is 11.4 Å². The van der Waals surface area contributed by atoms with E-state index in [2.05, 4.69) is 15.0 Å². The Hall–Kier alpha value is -2.78. The predicted octanol–water partition coefficient (Wildman–Crippen LogP) is 2.27. The standard InChI is InChI=1S/C17H18ClN5O3S/c1-23(14-9-13(18)20-16(19)21-14)6-7-26-11-4-2-10(3-5-11)8-12-15(24)22-17(25)27-12/h2-5,9,24H,6-8H2,1H3,(H,22,25)(H2,19,20,21). The number of likely N-dealkylation sites (N-methyl/N-ethyl adjacent to an activating group) is 1. The number of nitrogens with two attached hydrogens (primary N) is 1. The summed E-state index contributed by atoms with van der Waals surface area (Å²) in [6.07, 6.45) is 0.480. The van der Waals surface area contributed by atoms with Crippen LogP contribution in [0.1, 0.15) is 10.4 Å². The third-order valence-electron chi connectivity index (χ3n) is 3.77. The first-order valence-electron chi connectivity index (χ1n) is 8.04. The van der Waals surface area contributed by atoms with Crippen molar-refractivity contribution >= 4 is 34.7 Å². The zero-order valence-electron chi connectivity index (χ0n) is 14.5. The van der Waals surface area contributed by atoms with Crippen LogP contribution in [0.15, 0.2) is 35.1 Å². The Morgan fingerprint density at radius 1 is 1.33 bits per heavy atom. The van der Waals surface area contributed by atoms with E-state index in [4.69, 9.17) is 22.1 Å². The molecule has 0 amide bonds. The van der Waals surface area contributed by atoms with Crippen LogP contribution in [0.4, 0.5) is 11.8 Å². The van der Waals surface area contributed by atoms with Gasteiger partial charge >= 0.3 is 4.87 Å². The Balaban J connectivity index is 1.52. The molecule has 0 fully saturated rings. The number of nitrogens with one attached hydrogen (secondary N) is 1. The summed E-state index contributed by atoms with van der Waals surface area (Å²) in [6.45, 7) is 1.03. The molecule has 0 aliphatic rings. The van der Waals surface area contributed by atoms with Crippen molar-refractivity contribution in [2.75, 3.05) is 30.8 Å². The maximum Gasteiger partial charge on any atom is 0.307 e. The van der Waals surface area contributed by atoms with Crippen LogP contribution in [0.3, 0.4) is 0 Å². The van der Waals surface area contributed by atoms with Crippen LogP contribution >= 0.6 is 22.9 Å². The predicted molar refractivity (Wildman–Crippen MR) is 106 cm³/mol. The molecule has 0 bridgehead atoms. The van der Waals surface area contributed by atoms with E-state index in [0.717, 1.165) is 22.6 Å². The van der Waals surface area contributed by atoms with Gasteiger partial charge in [-0.2, -0.15) is 4.98 Å². The Kier molecular flexibility index (Phi) is 5.82. The average molecular weight is 408 g/mol. The minimum Gasteiger partial charge on any atom is -0.494 e. The number of rotatable bonds is 7. The van der Waals surface area contributed by atoms with Gasteiger partial charge < -0.3 is 20.5 Å². The van der Waals surface area contributed by atoms with Crippen molar-refractivity contribution < 1.29 is 9.84 Å². The number of aromatic amines is 1. The number of aromatic hydroxyl groups is 1. The lowest BCUT2D eigenvalue weighted by Crippen LogP contribution is -2.25. The number of H-pyrrole nitrogens is 1. The van der Waals surface area contributed by atoms with Crippen molar-refractivity contribution in [1.82, 2.24) is 15.0 Å². The van der Waals surface area contributed by atoms with Crippen molar-refractivity contribution in [1.29, 1.82) is 0 Å². The number of aromatic nitrogens is 3. The maximum absolute atomic E-state index is 11.2. The fraction of sp³-hybridized carbons (Fsp3) is 0.235. The van der Waals surface area contributed by atoms with Crippen LogP contribution in [0.2, 0.25) is 5.15 Å². The van der Waals surface area contributed by atoms with Gasteiger partial charge in [-0.15, -0.1) is 0 Å². The van der Waals surface area contributed by atoms with Crippen LogP contribution in [0, 0.1) is 0 Å². The van der Waals surface area contributed by atoms with Gasteiger partial charge in [0.2, 0.25) is 11.8 Å². The van der Waals surface area contributed by atoms with E-state index in [0.29, 0.717) is 35.4 Å².